The number of rotatable bonds is 7. The second kappa shape index (κ2) is 9.57. The summed E-state index contributed by atoms with van der Waals surface area (Å²) < 4.78 is 6.48. The largest absolute Gasteiger partial charge is 0.483 e. The molecule has 0 radical (unpaired) electrons. The van der Waals surface area contributed by atoms with Gasteiger partial charge in [0.2, 0.25) is 0 Å². The van der Waals surface area contributed by atoms with Gasteiger partial charge < -0.3 is 10.1 Å². The Morgan fingerprint density at radius 3 is 2.25 bits per heavy atom. The minimum atomic E-state index is -0.368. The first-order valence-electron chi connectivity index (χ1n) is 8.50. The second-order valence-electron chi connectivity index (χ2n) is 5.79. The number of benzene rings is 3. The molecule has 0 bridgehead atoms. The molecule has 0 saturated carbocycles. The van der Waals surface area contributed by atoms with Crippen LogP contribution in [0.25, 0.3) is 0 Å². The average Bonchev–Trinajstić information content (AvgIpc) is 2.73. The van der Waals surface area contributed by atoms with E-state index in [4.69, 9.17) is 4.74 Å². The molecular formula is C21H18BrN3O3. The van der Waals surface area contributed by atoms with E-state index in [0.717, 1.165) is 10.2 Å². The lowest BCUT2D eigenvalue weighted by molar-refractivity contribution is -0.118. The van der Waals surface area contributed by atoms with E-state index >= 15 is 0 Å². The van der Waals surface area contributed by atoms with Gasteiger partial charge in [-0.05, 0) is 48.5 Å². The van der Waals surface area contributed by atoms with Crippen molar-refractivity contribution in [3.05, 3.63) is 88.9 Å². The van der Waals surface area contributed by atoms with Crippen LogP contribution in [0.2, 0.25) is 0 Å². The lowest BCUT2D eigenvalue weighted by atomic mass is 10.2. The lowest BCUT2D eigenvalue weighted by Crippen LogP contribution is -2.30. The van der Waals surface area contributed by atoms with Crippen LogP contribution in [0.1, 0.15) is 10.4 Å². The Morgan fingerprint density at radius 2 is 1.50 bits per heavy atom. The van der Waals surface area contributed by atoms with Gasteiger partial charge in [0, 0.05) is 10.2 Å². The molecule has 7 heteroatoms. The predicted octanol–water partition coefficient (Wildman–Crippen LogP) is 4.22. The van der Waals surface area contributed by atoms with Crippen LogP contribution in [0.3, 0.4) is 0 Å². The van der Waals surface area contributed by atoms with Crippen molar-refractivity contribution < 1.29 is 14.3 Å². The molecule has 3 N–H and O–H groups in total. The van der Waals surface area contributed by atoms with E-state index in [9.17, 15) is 9.59 Å². The van der Waals surface area contributed by atoms with Gasteiger partial charge in [0.05, 0.1) is 11.3 Å². The Kier molecular flexibility index (Phi) is 6.64. The topological polar surface area (TPSA) is 79.5 Å². The maximum atomic E-state index is 12.4. The number of carbonyl (C=O) groups is 2. The van der Waals surface area contributed by atoms with Crippen molar-refractivity contribution in [2.75, 3.05) is 17.3 Å². The van der Waals surface area contributed by atoms with Gasteiger partial charge in [0.15, 0.2) is 6.61 Å². The summed E-state index contributed by atoms with van der Waals surface area (Å²) in [7, 11) is 0. The summed E-state index contributed by atoms with van der Waals surface area (Å²) in [5.74, 6) is -0.367. The standard InChI is InChI=1S/C21H18BrN3O3/c22-15-10-12-16(13-11-15)23-20(26)14-28-19-9-5-4-8-18(19)21(27)25-24-17-6-2-1-3-7-17/h1-13,24H,14H2,(H,23,26)(H,25,27). The normalized spacial score (nSPS) is 10.0. The molecule has 28 heavy (non-hydrogen) atoms. The number of hydrogen-bond donors (Lipinski definition) is 3. The molecule has 3 rings (SSSR count). The zero-order valence-electron chi connectivity index (χ0n) is 14.8. The summed E-state index contributed by atoms with van der Waals surface area (Å²) in [6.07, 6.45) is 0. The van der Waals surface area contributed by atoms with E-state index in [-0.39, 0.29) is 18.4 Å². The molecule has 0 spiro atoms. The molecule has 0 aromatic heterocycles. The van der Waals surface area contributed by atoms with E-state index in [1.165, 1.54) is 0 Å². The molecule has 0 unspecified atom stereocenters. The smallest absolute Gasteiger partial charge is 0.273 e. The summed E-state index contributed by atoms with van der Waals surface area (Å²) in [5, 5.41) is 2.74. The van der Waals surface area contributed by atoms with Gasteiger partial charge in [-0.2, -0.15) is 0 Å². The molecular weight excluding hydrogens is 422 g/mol. The number of para-hydroxylation sites is 2. The third-order valence-corrected chi connectivity index (χ3v) is 4.24. The van der Waals surface area contributed by atoms with Crippen molar-refractivity contribution in [1.82, 2.24) is 5.43 Å². The minimum absolute atomic E-state index is 0.216. The van der Waals surface area contributed by atoms with E-state index < -0.39 is 0 Å². The number of hydrazine groups is 1. The van der Waals surface area contributed by atoms with Crippen LogP contribution < -0.4 is 20.9 Å². The molecule has 0 aliphatic heterocycles. The highest BCUT2D eigenvalue weighted by Crippen LogP contribution is 2.18. The second-order valence-corrected chi connectivity index (χ2v) is 6.70. The number of halogens is 1. The highest BCUT2D eigenvalue weighted by atomic mass is 79.9. The number of carbonyl (C=O) groups excluding carboxylic acids is 2. The summed E-state index contributed by atoms with van der Waals surface area (Å²) in [6.45, 7) is -0.216. The molecule has 6 nitrogen and oxygen atoms in total. The van der Waals surface area contributed by atoms with Crippen molar-refractivity contribution in [3.8, 4) is 5.75 Å². The highest BCUT2D eigenvalue weighted by molar-refractivity contribution is 9.10. The minimum Gasteiger partial charge on any atom is -0.483 e. The number of hydrogen-bond acceptors (Lipinski definition) is 4. The maximum absolute atomic E-state index is 12.4. The fourth-order valence-electron chi connectivity index (χ4n) is 2.37. The van der Waals surface area contributed by atoms with Gasteiger partial charge in [0.1, 0.15) is 5.75 Å². The van der Waals surface area contributed by atoms with Crippen molar-refractivity contribution in [3.63, 3.8) is 0 Å². The monoisotopic (exact) mass is 439 g/mol. The van der Waals surface area contributed by atoms with E-state index in [1.54, 1.807) is 36.4 Å². The van der Waals surface area contributed by atoms with Gasteiger partial charge in [-0.25, -0.2) is 0 Å². The summed E-state index contributed by atoms with van der Waals surface area (Å²) in [5.41, 5.74) is 7.18. The number of amides is 2. The Hall–Kier alpha value is -3.32. The van der Waals surface area contributed by atoms with Crippen molar-refractivity contribution in [2.45, 2.75) is 0 Å². The molecule has 3 aromatic carbocycles. The molecule has 0 atom stereocenters. The van der Waals surface area contributed by atoms with Gasteiger partial charge in [-0.15, -0.1) is 0 Å². The number of anilines is 2. The number of ether oxygens (including phenoxy) is 1. The van der Waals surface area contributed by atoms with E-state index in [1.807, 2.05) is 42.5 Å². The van der Waals surface area contributed by atoms with Gasteiger partial charge in [-0.3, -0.25) is 20.4 Å². The van der Waals surface area contributed by atoms with E-state index in [2.05, 4.69) is 32.1 Å². The van der Waals surface area contributed by atoms with Crippen LogP contribution >= 0.6 is 15.9 Å². The SMILES string of the molecule is O=C(COc1ccccc1C(=O)NNc1ccccc1)Nc1ccc(Br)cc1. The highest BCUT2D eigenvalue weighted by Gasteiger charge is 2.13. The van der Waals surface area contributed by atoms with Crippen LogP contribution in [0, 0.1) is 0 Å². The zero-order chi connectivity index (χ0) is 19.8. The van der Waals surface area contributed by atoms with Crippen LogP contribution in [0.15, 0.2) is 83.3 Å². The van der Waals surface area contributed by atoms with Crippen molar-refractivity contribution >= 4 is 39.1 Å². The lowest BCUT2D eigenvalue weighted by Gasteiger charge is -2.13. The molecule has 0 fully saturated rings. The summed E-state index contributed by atoms with van der Waals surface area (Å²) in [4.78, 5) is 24.5. The molecule has 2 amide bonds. The Balaban J connectivity index is 1.57. The summed E-state index contributed by atoms with van der Waals surface area (Å²) >= 11 is 3.34. The third-order valence-electron chi connectivity index (χ3n) is 3.71. The fourth-order valence-corrected chi connectivity index (χ4v) is 2.64. The van der Waals surface area contributed by atoms with Crippen LogP contribution in [0.5, 0.6) is 5.75 Å². The van der Waals surface area contributed by atoms with Gasteiger partial charge in [0.25, 0.3) is 11.8 Å². The van der Waals surface area contributed by atoms with E-state index in [0.29, 0.717) is 17.0 Å². The first kappa shape index (κ1) is 19.4. The molecule has 0 saturated heterocycles. The Morgan fingerprint density at radius 1 is 0.821 bits per heavy atom. The molecule has 142 valence electrons. The fraction of sp³-hybridized carbons (Fsp3) is 0.0476. The molecule has 0 aliphatic carbocycles. The molecule has 3 aromatic rings. The van der Waals surface area contributed by atoms with Crippen molar-refractivity contribution in [1.29, 1.82) is 0 Å². The first-order valence-corrected chi connectivity index (χ1v) is 9.30. The zero-order valence-corrected chi connectivity index (χ0v) is 16.4. The maximum Gasteiger partial charge on any atom is 0.273 e. The summed E-state index contributed by atoms with van der Waals surface area (Å²) in [6, 6.07) is 23.2. The Labute approximate surface area is 171 Å². The first-order chi connectivity index (χ1) is 13.6. The van der Waals surface area contributed by atoms with Gasteiger partial charge in [-0.1, -0.05) is 46.3 Å². The third kappa shape index (κ3) is 5.59. The van der Waals surface area contributed by atoms with Crippen LogP contribution in [-0.2, 0) is 4.79 Å². The molecule has 0 aliphatic rings. The van der Waals surface area contributed by atoms with Gasteiger partial charge >= 0.3 is 0 Å². The number of nitrogens with one attached hydrogen (secondary N) is 3. The quantitative estimate of drug-likeness (QED) is 0.481. The van der Waals surface area contributed by atoms with Crippen LogP contribution in [0.4, 0.5) is 11.4 Å². The average molecular weight is 440 g/mol. The van der Waals surface area contributed by atoms with Crippen LogP contribution in [-0.4, -0.2) is 18.4 Å². The Bertz CT molecular complexity index is 947. The predicted molar refractivity (Wildman–Crippen MR) is 112 cm³/mol. The van der Waals surface area contributed by atoms with Crippen molar-refractivity contribution in [2.24, 2.45) is 0 Å². The molecule has 0 heterocycles.